The van der Waals surface area contributed by atoms with Crippen LogP contribution in [0.2, 0.25) is 0 Å². The van der Waals surface area contributed by atoms with Crippen molar-refractivity contribution in [2.24, 2.45) is 5.92 Å². The molecule has 2 aromatic carbocycles. The van der Waals surface area contributed by atoms with Gasteiger partial charge < -0.3 is 14.5 Å². The number of benzene rings is 2. The van der Waals surface area contributed by atoms with E-state index < -0.39 is 0 Å². The number of fused-ring (bicyclic) bond motifs is 2. The third-order valence-corrected chi connectivity index (χ3v) is 6.45. The maximum absolute atomic E-state index is 13.7. The Kier molecular flexibility index (Phi) is 4.63. The average Bonchev–Trinajstić information content (AvgIpc) is 3.44. The number of hydrogen-bond acceptors (Lipinski definition) is 6. The Morgan fingerprint density at radius 3 is 2.70 bits per heavy atom. The normalized spacial score (nSPS) is 24.4. The fourth-order valence-electron chi connectivity index (χ4n) is 4.62. The van der Waals surface area contributed by atoms with Crippen LogP contribution in [-0.4, -0.2) is 35.2 Å². The summed E-state index contributed by atoms with van der Waals surface area (Å²) in [5, 5.41) is 5.19. The molecule has 3 atom stereocenters. The molecule has 2 fully saturated rings. The molecule has 3 aromatic rings. The number of hydrogen-bond donors (Lipinski definition) is 2. The molecule has 33 heavy (non-hydrogen) atoms. The molecule has 0 spiro atoms. The number of nitrogens with one attached hydrogen (secondary N) is 2. The van der Waals surface area contributed by atoms with Crippen LogP contribution in [0.1, 0.15) is 37.1 Å². The minimum Gasteiger partial charge on any atom is -0.494 e. The number of allylic oxidation sites excluding steroid dienone is 1. The molecule has 6 rings (SSSR count). The molecule has 1 saturated heterocycles. The smallest absolute Gasteiger partial charge is 0.277 e. The highest BCUT2D eigenvalue weighted by Gasteiger charge is 2.48. The Bertz CT molecular complexity index is 1330. The number of nitrogens with zero attached hydrogens (tertiary/aromatic N) is 2. The Labute approximate surface area is 191 Å². The first-order valence-electron chi connectivity index (χ1n) is 11.2. The summed E-state index contributed by atoms with van der Waals surface area (Å²) >= 11 is 0. The molecular weight excluding hydrogens is 416 g/mol. The second kappa shape index (κ2) is 7.68. The maximum atomic E-state index is 13.7. The van der Waals surface area contributed by atoms with Crippen molar-refractivity contribution in [3.8, 4) is 17.6 Å². The minimum absolute atomic E-state index is 0.0124. The molecule has 3 aliphatic rings. The van der Waals surface area contributed by atoms with Gasteiger partial charge in [-0.05, 0) is 37.5 Å². The lowest BCUT2D eigenvalue weighted by atomic mass is 9.89. The highest BCUT2D eigenvalue weighted by atomic mass is 16.5. The monoisotopic (exact) mass is 440 g/mol. The molecule has 2 N–H and O–H groups in total. The van der Waals surface area contributed by atoms with Crippen molar-refractivity contribution in [1.82, 2.24) is 20.7 Å². The predicted octanol–water partition coefficient (Wildman–Crippen LogP) is 3.41. The largest absolute Gasteiger partial charge is 0.494 e. The standard InChI is InChI=1S/C26H24N4O3/c1-15-21(25-28-23-19(32-2)9-6-10-20(23)33-25)26(31)30-24(27-15)22(17-7-4-3-5-8-17)18(29-30)14-13-16-11-12-16/h3-10,16,18,22,24,27,29H,11-12H2,1-2H3. The second-order valence-electron chi connectivity index (χ2n) is 8.70. The van der Waals surface area contributed by atoms with Crippen molar-refractivity contribution >= 4 is 22.6 Å². The van der Waals surface area contributed by atoms with Crippen LogP contribution in [0.3, 0.4) is 0 Å². The minimum atomic E-state index is -0.263. The highest BCUT2D eigenvalue weighted by Crippen LogP contribution is 2.38. The Morgan fingerprint density at radius 2 is 1.94 bits per heavy atom. The third-order valence-electron chi connectivity index (χ3n) is 6.45. The Morgan fingerprint density at radius 1 is 1.12 bits per heavy atom. The first-order valence-corrected chi connectivity index (χ1v) is 11.2. The van der Waals surface area contributed by atoms with Crippen LogP contribution in [0.15, 0.2) is 58.6 Å². The molecule has 3 unspecified atom stereocenters. The van der Waals surface area contributed by atoms with Crippen molar-refractivity contribution in [3.05, 3.63) is 65.7 Å². The van der Waals surface area contributed by atoms with Crippen LogP contribution in [0.5, 0.6) is 5.75 Å². The second-order valence-corrected chi connectivity index (χ2v) is 8.70. The molecular formula is C26H24N4O3. The quantitative estimate of drug-likeness (QED) is 0.608. The molecule has 3 heterocycles. The fraction of sp³-hybridized carbons (Fsp3) is 0.308. The van der Waals surface area contributed by atoms with Crippen molar-refractivity contribution in [3.63, 3.8) is 0 Å². The average molecular weight is 441 g/mol. The third kappa shape index (κ3) is 3.35. The van der Waals surface area contributed by atoms with Gasteiger partial charge in [-0.1, -0.05) is 48.2 Å². The molecule has 166 valence electrons. The van der Waals surface area contributed by atoms with Crippen molar-refractivity contribution in [1.29, 1.82) is 0 Å². The van der Waals surface area contributed by atoms with Gasteiger partial charge in [0.1, 0.15) is 17.5 Å². The fourth-order valence-corrected chi connectivity index (χ4v) is 4.62. The van der Waals surface area contributed by atoms with Gasteiger partial charge in [0.05, 0.1) is 19.1 Å². The van der Waals surface area contributed by atoms with Crippen LogP contribution < -0.4 is 15.5 Å². The lowest BCUT2D eigenvalue weighted by Gasteiger charge is -2.34. The Hall–Kier alpha value is -3.76. The molecule has 1 aliphatic carbocycles. The molecule has 0 radical (unpaired) electrons. The van der Waals surface area contributed by atoms with E-state index in [0.29, 0.717) is 28.3 Å². The molecule has 1 aromatic heterocycles. The number of amides is 1. The zero-order valence-electron chi connectivity index (χ0n) is 18.5. The number of hydrazine groups is 1. The van der Waals surface area contributed by atoms with Crippen LogP contribution in [-0.2, 0) is 4.79 Å². The number of para-hydroxylation sites is 1. The van der Waals surface area contributed by atoms with E-state index in [4.69, 9.17) is 9.15 Å². The molecule has 1 saturated carbocycles. The van der Waals surface area contributed by atoms with Crippen LogP contribution in [0.4, 0.5) is 0 Å². The number of ether oxygens (including phenoxy) is 1. The van der Waals surface area contributed by atoms with Gasteiger partial charge in [-0.2, -0.15) is 0 Å². The number of carbonyl (C=O) groups excluding carboxylic acids is 1. The van der Waals surface area contributed by atoms with Gasteiger partial charge in [0.2, 0.25) is 5.89 Å². The van der Waals surface area contributed by atoms with Crippen molar-refractivity contribution < 1.29 is 13.9 Å². The van der Waals surface area contributed by atoms with Crippen molar-refractivity contribution in [2.75, 3.05) is 7.11 Å². The van der Waals surface area contributed by atoms with E-state index in [1.54, 1.807) is 12.1 Å². The molecule has 2 aliphatic heterocycles. The Balaban J connectivity index is 1.40. The highest BCUT2D eigenvalue weighted by molar-refractivity contribution is 6.20. The summed E-state index contributed by atoms with van der Waals surface area (Å²) < 4.78 is 11.4. The molecule has 7 nitrogen and oxygen atoms in total. The summed E-state index contributed by atoms with van der Waals surface area (Å²) in [5.41, 5.74) is 6.80. The van der Waals surface area contributed by atoms with Gasteiger partial charge in [0, 0.05) is 11.6 Å². The first-order chi connectivity index (χ1) is 16.1. The number of methoxy groups -OCH3 is 1. The van der Waals surface area contributed by atoms with E-state index in [1.165, 1.54) is 0 Å². The van der Waals surface area contributed by atoms with Crippen LogP contribution in [0, 0.1) is 17.8 Å². The summed E-state index contributed by atoms with van der Waals surface area (Å²) in [5.74, 6) is 7.94. The number of aromatic nitrogens is 1. The van der Waals surface area contributed by atoms with Gasteiger partial charge in [0.25, 0.3) is 5.91 Å². The maximum Gasteiger partial charge on any atom is 0.277 e. The zero-order chi connectivity index (χ0) is 22.5. The summed E-state index contributed by atoms with van der Waals surface area (Å²) in [7, 11) is 1.59. The zero-order valence-corrected chi connectivity index (χ0v) is 18.5. The first kappa shape index (κ1) is 19.9. The summed E-state index contributed by atoms with van der Waals surface area (Å²) in [6.45, 7) is 1.89. The number of rotatable bonds is 3. The summed E-state index contributed by atoms with van der Waals surface area (Å²) in [6, 6.07) is 15.5. The number of carbonyl (C=O) groups is 1. The molecule has 7 heteroatoms. The van der Waals surface area contributed by atoms with Gasteiger partial charge >= 0.3 is 0 Å². The SMILES string of the molecule is COc1cccc2oc(C3=C(C)NC4C(c5ccccc5)C(C#CC5CC5)NN4C3=O)nc12. The van der Waals surface area contributed by atoms with E-state index in [0.717, 1.165) is 24.1 Å². The van der Waals surface area contributed by atoms with Gasteiger partial charge in [0.15, 0.2) is 11.1 Å². The van der Waals surface area contributed by atoms with Gasteiger partial charge in [-0.3, -0.25) is 4.79 Å². The summed E-state index contributed by atoms with van der Waals surface area (Å²) in [6.07, 6.45) is 2.05. The van der Waals surface area contributed by atoms with Gasteiger partial charge in [-0.25, -0.2) is 15.4 Å². The van der Waals surface area contributed by atoms with E-state index in [2.05, 4.69) is 39.7 Å². The van der Waals surface area contributed by atoms with Gasteiger partial charge in [-0.15, -0.1) is 0 Å². The van der Waals surface area contributed by atoms with E-state index in [9.17, 15) is 4.79 Å². The van der Waals surface area contributed by atoms with E-state index in [1.807, 2.05) is 43.3 Å². The van der Waals surface area contributed by atoms with E-state index >= 15 is 0 Å². The van der Waals surface area contributed by atoms with E-state index in [-0.39, 0.29) is 29.9 Å². The molecule has 1 amide bonds. The van der Waals surface area contributed by atoms with Crippen molar-refractivity contribution in [2.45, 2.75) is 37.9 Å². The van der Waals surface area contributed by atoms with Crippen LogP contribution >= 0.6 is 0 Å². The topological polar surface area (TPSA) is 79.6 Å². The summed E-state index contributed by atoms with van der Waals surface area (Å²) in [4.78, 5) is 18.3. The molecule has 0 bridgehead atoms. The predicted molar refractivity (Wildman–Crippen MR) is 124 cm³/mol. The number of oxazole rings is 1. The van der Waals surface area contributed by atoms with Crippen LogP contribution in [0.25, 0.3) is 16.7 Å². The lowest BCUT2D eigenvalue weighted by Crippen LogP contribution is -2.54. The lowest BCUT2D eigenvalue weighted by molar-refractivity contribution is -0.130.